The summed E-state index contributed by atoms with van der Waals surface area (Å²) in [7, 11) is 0. The lowest BCUT2D eigenvalue weighted by molar-refractivity contribution is 0.229. The molecular weight excluding hydrogens is 234 g/mol. The highest BCUT2D eigenvalue weighted by atomic mass is 19.1. The van der Waals surface area contributed by atoms with Crippen molar-refractivity contribution < 1.29 is 8.78 Å². The van der Waals surface area contributed by atoms with Crippen LogP contribution in [0.1, 0.15) is 31.4 Å². The first-order chi connectivity index (χ1) is 8.65. The van der Waals surface area contributed by atoms with Crippen molar-refractivity contribution in [2.75, 3.05) is 19.6 Å². The van der Waals surface area contributed by atoms with Gasteiger partial charge in [0.25, 0.3) is 0 Å². The lowest BCUT2D eigenvalue weighted by Crippen LogP contribution is -2.29. The maximum Gasteiger partial charge on any atom is 0.126 e. The largest absolute Gasteiger partial charge is 0.330 e. The second-order valence-electron chi connectivity index (χ2n) is 4.97. The molecule has 100 valence electrons. The van der Waals surface area contributed by atoms with E-state index in [1.807, 2.05) is 0 Å². The molecule has 2 N–H and O–H groups in total. The maximum absolute atomic E-state index is 13.3. The number of benzene rings is 1. The van der Waals surface area contributed by atoms with Gasteiger partial charge in [-0.05, 0) is 56.1 Å². The molecule has 18 heavy (non-hydrogen) atoms. The van der Waals surface area contributed by atoms with Crippen LogP contribution in [0.3, 0.4) is 0 Å². The molecule has 1 aromatic carbocycles. The standard InChI is InChI=1S/C14H20F2N2/c1-2-4-18-5-3-10(9-17)14(18)11-6-12(15)8-13(16)7-11/h6-8,10,14H,2-5,9,17H2,1H3. The smallest absolute Gasteiger partial charge is 0.126 e. The Bertz CT molecular complexity index is 389. The summed E-state index contributed by atoms with van der Waals surface area (Å²) in [5.74, 6) is -0.731. The zero-order chi connectivity index (χ0) is 13.1. The quantitative estimate of drug-likeness (QED) is 0.895. The molecule has 2 atom stereocenters. The van der Waals surface area contributed by atoms with Crippen LogP contribution in [-0.2, 0) is 0 Å². The molecule has 1 aliphatic rings. The molecule has 1 saturated heterocycles. The van der Waals surface area contributed by atoms with Gasteiger partial charge >= 0.3 is 0 Å². The van der Waals surface area contributed by atoms with E-state index in [9.17, 15) is 8.78 Å². The van der Waals surface area contributed by atoms with E-state index in [4.69, 9.17) is 5.73 Å². The second-order valence-corrected chi connectivity index (χ2v) is 4.97. The van der Waals surface area contributed by atoms with Gasteiger partial charge in [-0.2, -0.15) is 0 Å². The normalized spacial score (nSPS) is 24.7. The molecule has 0 aliphatic carbocycles. The van der Waals surface area contributed by atoms with Gasteiger partial charge in [0.2, 0.25) is 0 Å². The summed E-state index contributed by atoms with van der Waals surface area (Å²) < 4.78 is 26.7. The molecule has 0 aromatic heterocycles. The van der Waals surface area contributed by atoms with Gasteiger partial charge in [0.05, 0.1) is 0 Å². The summed E-state index contributed by atoms with van der Waals surface area (Å²) in [5.41, 5.74) is 6.50. The fourth-order valence-electron chi connectivity index (χ4n) is 2.94. The summed E-state index contributed by atoms with van der Waals surface area (Å²) in [6.45, 7) is 4.57. The molecule has 1 fully saturated rings. The van der Waals surface area contributed by atoms with Crippen LogP contribution in [0.15, 0.2) is 18.2 Å². The van der Waals surface area contributed by atoms with Gasteiger partial charge in [-0.15, -0.1) is 0 Å². The van der Waals surface area contributed by atoms with Crippen LogP contribution in [0.2, 0.25) is 0 Å². The first kappa shape index (κ1) is 13.4. The van der Waals surface area contributed by atoms with Crippen molar-refractivity contribution in [1.29, 1.82) is 0 Å². The second kappa shape index (κ2) is 5.76. The highest BCUT2D eigenvalue weighted by molar-refractivity contribution is 5.23. The zero-order valence-corrected chi connectivity index (χ0v) is 10.7. The van der Waals surface area contributed by atoms with Crippen molar-refractivity contribution in [2.24, 2.45) is 11.7 Å². The van der Waals surface area contributed by atoms with Crippen molar-refractivity contribution >= 4 is 0 Å². The predicted octanol–water partition coefficient (Wildman–Crippen LogP) is 2.70. The summed E-state index contributed by atoms with van der Waals surface area (Å²) in [4.78, 5) is 2.28. The number of hydrogen-bond donors (Lipinski definition) is 1. The molecule has 0 amide bonds. The van der Waals surface area contributed by atoms with E-state index in [2.05, 4.69) is 11.8 Å². The molecular formula is C14H20F2N2. The van der Waals surface area contributed by atoms with E-state index in [1.165, 1.54) is 12.1 Å². The topological polar surface area (TPSA) is 29.3 Å². The van der Waals surface area contributed by atoms with Gasteiger partial charge in [0.1, 0.15) is 11.6 Å². The molecule has 1 heterocycles. The van der Waals surface area contributed by atoms with Crippen LogP contribution >= 0.6 is 0 Å². The minimum atomic E-state index is -0.510. The molecule has 1 aliphatic heterocycles. The third kappa shape index (κ3) is 2.70. The molecule has 0 saturated carbocycles. The third-order valence-corrected chi connectivity index (χ3v) is 3.67. The van der Waals surface area contributed by atoms with E-state index >= 15 is 0 Å². The van der Waals surface area contributed by atoms with Gasteiger partial charge in [-0.3, -0.25) is 4.90 Å². The zero-order valence-electron chi connectivity index (χ0n) is 10.7. The van der Waals surface area contributed by atoms with E-state index in [0.29, 0.717) is 12.1 Å². The van der Waals surface area contributed by atoms with Crippen LogP contribution in [0.5, 0.6) is 0 Å². The van der Waals surface area contributed by atoms with E-state index in [-0.39, 0.29) is 12.0 Å². The average Bonchev–Trinajstić information content (AvgIpc) is 2.71. The molecule has 0 bridgehead atoms. The highest BCUT2D eigenvalue weighted by Gasteiger charge is 2.34. The van der Waals surface area contributed by atoms with Gasteiger partial charge in [0, 0.05) is 12.1 Å². The number of rotatable bonds is 4. The van der Waals surface area contributed by atoms with E-state index in [1.54, 1.807) is 0 Å². The first-order valence-corrected chi connectivity index (χ1v) is 6.55. The van der Waals surface area contributed by atoms with Crippen LogP contribution in [-0.4, -0.2) is 24.5 Å². The Morgan fingerprint density at radius 1 is 1.28 bits per heavy atom. The molecule has 2 nitrogen and oxygen atoms in total. The van der Waals surface area contributed by atoms with E-state index in [0.717, 1.165) is 32.0 Å². The molecule has 2 rings (SSSR count). The minimum absolute atomic E-state index is 0.0557. The van der Waals surface area contributed by atoms with Gasteiger partial charge in [-0.25, -0.2) is 8.78 Å². The third-order valence-electron chi connectivity index (χ3n) is 3.67. The monoisotopic (exact) mass is 254 g/mol. The summed E-state index contributed by atoms with van der Waals surface area (Å²) in [5, 5.41) is 0. The fourth-order valence-corrected chi connectivity index (χ4v) is 2.94. The highest BCUT2D eigenvalue weighted by Crippen LogP contribution is 2.37. The number of nitrogens with two attached hydrogens (primary N) is 1. The Hall–Kier alpha value is -1.00. The van der Waals surface area contributed by atoms with Crippen molar-refractivity contribution in [3.8, 4) is 0 Å². The van der Waals surface area contributed by atoms with Gasteiger partial charge in [0.15, 0.2) is 0 Å². The molecule has 0 spiro atoms. The SMILES string of the molecule is CCCN1CCC(CN)C1c1cc(F)cc(F)c1. The van der Waals surface area contributed by atoms with Crippen LogP contribution in [0.4, 0.5) is 8.78 Å². The molecule has 2 unspecified atom stereocenters. The van der Waals surface area contributed by atoms with Crippen molar-refractivity contribution in [1.82, 2.24) is 4.90 Å². The van der Waals surface area contributed by atoms with Crippen molar-refractivity contribution in [2.45, 2.75) is 25.8 Å². The Morgan fingerprint density at radius 3 is 2.50 bits per heavy atom. The predicted molar refractivity (Wildman–Crippen MR) is 68.1 cm³/mol. The first-order valence-electron chi connectivity index (χ1n) is 6.55. The van der Waals surface area contributed by atoms with Gasteiger partial charge in [-0.1, -0.05) is 6.92 Å². The minimum Gasteiger partial charge on any atom is -0.330 e. The summed E-state index contributed by atoms with van der Waals surface area (Å²) >= 11 is 0. The van der Waals surface area contributed by atoms with E-state index < -0.39 is 11.6 Å². The van der Waals surface area contributed by atoms with Crippen LogP contribution in [0.25, 0.3) is 0 Å². The van der Waals surface area contributed by atoms with Crippen molar-refractivity contribution in [3.63, 3.8) is 0 Å². The Balaban J connectivity index is 2.30. The molecule has 1 aromatic rings. The average molecular weight is 254 g/mol. The Labute approximate surface area is 107 Å². The number of nitrogens with zero attached hydrogens (tertiary/aromatic N) is 1. The van der Waals surface area contributed by atoms with Crippen LogP contribution < -0.4 is 5.73 Å². The Morgan fingerprint density at radius 2 is 1.94 bits per heavy atom. The van der Waals surface area contributed by atoms with Crippen molar-refractivity contribution in [3.05, 3.63) is 35.4 Å². The molecule has 4 heteroatoms. The number of likely N-dealkylation sites (tertiary alicyclic amines) is 1. The Kier molecular flexibility index (Phi) is 4.30. The van der Waals surface area contributed by atoms with Gasteiger partial charge < -0.3 is 5.73 Å². The van der Waals surface area contributed by atoms with Crippen LogP contribution in [0, 0.1) is 17.6 Å². The number of hydrogen-bond acceptors (Lipinski definition) is 2. The maximum atomic E-state index is 13.3. The summed E-state index contributed by atoms with van der Waals surface area (Å²) in [6.07, 6.45) is 2.03. The fraction of sp³-hybridized carbons (Fsp3) is 0.571. The summed E-state index contributed by atoms with van der Waals surface area (Å²) in [6, 6.07) is 3.84. The lowest BCUT2D eigenvalue weighted by atomic mass is 9.93. The number of halogens is 2. The lowest BCUT2D eigenvalue weighted by Gasteiger charge is -2.28. The molecule has 0 radical (unpaired) electrons.